The summed E-state index contributed by atoms with van der Waals surface area (Å²) in [5.74, 6) is -0.326. The zero-order chi connectivity index (χ0) is 13.6. The number of carbonyl (C=O) groups excluding carboxylic acids is 1. The molecule has 2 N–H and O–H groups in total. The second-order valence-electron chi connectivity index (χ2n) is 4.34. The van der Waals surface area contributed by atoms with Crippen molar-refractivity contribution in [2.75, 3.05) is 19.5 Å². The van der Waals surface area contributed by atoms with Crippen LogP contribution >= 0.6 is 11.6 Å². The first-order valence-electron chi connectivity index (χ1n) is 5.81. The number of hydrogen-bond donors (Lipinski definition) is 2. The zero-order valence-electron chi connectivity index (χ0n) is 10.4. The number of rotatable bonds is 6. The number of carbonyl (C=O) groups is 2. The number of hydrogen-bond acceptors (Lipinski definition) is 2. The van der Waals surface area contributed by atoms with Gasteiger partial charge in [0.25, 0.3) is 0 Å². The predicted octanol–water partition coefficient (Wildman–Crippen LogP) is 2.05. The summed E-state index contributed by atoms with van der Waals surface area (Å²) in [7, 11) is 1.75. The highest BCUT2D eigenvalue weighted by atomic mass is 35.5. The number of carboxylic acid groups (broad SMARTS) is 1. The Balaban J connectivity index is 2.50. The summed E-state index contributed by atoms with van der Waals surface area (Å²) in [6.07, 6.45) is 7.18. The third-order valence-corrected chi connectivity index (χ3v) is 2.95. The number of carboxylic acids is 1. The Morgan fingerprint density at radius 3 is 2.83 bits per heavy atom. The van der Waals surface area contributed by atoms with E-state index in [1.807, 2.05) is 12.3 Å². The minimum atomic E-state index is -0.923. The van der Waals surface area contributed by atoms with Crippen LogP contribution in [-0.2, 0) is 4.79 Å². The molecule has 6 heteroatoms. The summed E-state index contributed by atoms with van der Waals surface area (Å²) in [6.45, 7) is 0.140. The molecule has 1 heterocycles. The molecule has 0 spiro atoms. The van der Waals surface area contributed by atoms with Gasteiger partial charge in [-0.15, -0.1) is 11.6 Å². The Morgan fingerprint density at radius 2 is 2.22 bits per heavy atom. The molecule has 1 atom stereocenters. The SMILES string of the molecule is C[N+]1(C(=O)NCCC(=O)O)C=CC(CCCCl)=C1. The van der Waals surface area contributed by atoms with E-state index in [4.69, 9.17) is 16.7 Å². The molecule has 0 aliphatic carbocycles. The van der Waals surface area contributed by atoms with Crippen LogP contribution in [0.25, 0.3) is 0 Å². The third-order valence-electron chi connectivity index (χ3n) is 2.68. The van der Waals surface area contributed by atoms with Gasteiger partial charge in [0.1, 0.15) is 12.4 Å². The first-order valence-corrected chi connectivity index (χ1v) is 6.34. The highest BCUT2D eigenvalue weighted by Gasteiger charge is 2.31. The summed E-state index contributed by atoms with van der Waals surface area (Å²) >= 11 is 5.62. The standard InChI is InChI=1S/C12H17ClN2O3/c1-15(12(18)14-7-4-11(16)17)8-5-10(9-15)3-2-6-13/h5,8-9H,2-4,6-7H2,1H3,(H-,14,16,17,18)/p+1. The van der Waals surface area contributed by atoms with Gasteiger partial charge in [-0.1, -0.05) is 0 Å². The number of nitrogens with one attached hydrogen (secondary N) is 1. The van der Waals surface area contributed by atoms with Gasteiger partial charge in [0.05, 0.1) is 13.5 Å². The van der Waals surface area contributed by atoms with Gasteiger partial charge in [-0.05, 0) is 12.8 Å². The van der Waals surface area contributed by atoms with Crippen LogP contribution in [0.3, 0.4) is 0 Å². The summed E-state index contributed by atoms with van der Waals surface area (Å²) in [5, 5.41) is 11.1. The molecular formula is C12H18ClN2O3+. The van der Waals surface area contributed by atoms with Crippen molar-refractivity contribution in [3.8, 4) is 0 Å². The van der Waals surface area contributed by atoms with Gasteiger partial charge in [0.2, 0.25) is 0 Å². The lowest BCUT2D eigenvalue weighted by Gasteiger charge is -2.20. The van der Waals surface area contributed by atoms with Crippen LogP contribution in [-0.4, -0.2) is 41.1 Å². The van der Waals surface area contributed by atoms with E-state index in [0.29, 0.717) is 5.88 Å². The number of allylic oxidation sites excluding steroid dienone is 2. The van der Waals surface area contributed by atoms with Gasteiger partial charge >= 0.3 is 12.0 Å². The van der Waals surface area contributed by atoms with Crippen molar-refractivity contribution < 1.29 is 19.2 Å². The highest BCUT2D eigenvalue weighted by Crippen LogP contribution is 2.22. The molecule has 0 aromatic carbocycles. The lowest BCUT2D eigenvalue weighted by atomic mass is 10.2. The van der Waals surface area contributed by atoms with Gasteiger partial charge in [-0.2, -0.15) is 4.48 Å². The fraction of sp³-hybridized carbons (Fsp3) is 0.500. The van der Waals surface area contributed by atoms with Crippen LogP contribution < -0.4 is 5.32 Å². The summed E-state index contributed by atoms with van der Waals surface area (Å²) in [4.78, 5) is 22.3. The van der Waals surface area contributed by atoms with Crippen LogP contribution in [0.1, 0.15) is 19.3 Å². The maximum absolute atomic E-state index is 11.9. The van der Waals surface area contributed by atoms with Gasteiger partial charge < -0.3 is 10.4 Å². The van der Waals surface area contributed by atoms with E-state index in [1.165, 1.54) is 0 Å². The molecule has 0 bridgehead atoms. The van der Waals surface area contributed by atoms with Crippen LogP contribution in [0.4, 0.5) is 4.79 Å². The Morgan fingerprint density at radius 1 is 1.50 bits per heavy atom. The molecule has 0 saturated heterocycles. The lowest BCUT2D eigenvalue weighted by Crippen LogP contribution is -2.46. The maximum Gasteiger partial charge on any atom is 0.425 e. The van der Waals surface area contributed by atoms with Gasteiger partial charge in [-0.3, -0.25) is 4.79 Å². The molecule has 0 aromatic rings. The molecule has 1 aliphatic heterocycles. The second kappa shape index (κ2) is 6.56. The first kappa shape index (κ1) is 14.7. The normalized spacial score (nSPS) is 21.8. The average molecular weight is 274 g/mol. The fourth-order valence-electron chi connectivity index (χ4n) is 1.67. The van der Waals surface area contributed by atoms with E-state index >= 15 is 0 Å². The number of urea groups is 1. The van der Waals surface area contributed by atoms with Crippen molar-refractivity contribution >= 4 is 23.6 Å². The van der Waals surface area contributed by atoms with Crippen molar-refractivity contribution in [2.45, 2.75) is 19.3 Å². The molecule has 0 radical (unpaired) electrons. The number of aliphatic carboxylic acids is 1. The van der Waals surface area contributed by atoms with Gasteiger partial charge in [-0.25, -0.2) is 4.79 Å². The highest BCUT2D eigenvalue weighted by molar-refractivity contribution is 6.17. The molecule has 18 heavy (non-hydrogen) atoms. The van der Waals surface area contributed by atoms with Crippen molar-refractivity contribution in [2.24, 2.45) is 0 Å². The molecule has 1 unspecified atom stereocenters. The molecule has 5 nitrogen and oxygen atoms in total. The minimum absolute atomic E-state index is 0.0250. The largest absolute Gasteiger partial charge is 0.481 e. The summed E-state index contributed by atoms with van der Waals surface area (Å²) in [5.41, 5.74) is 1.08. The predicted molar refractivity (Wildman–Crippen MR) is 69.0 cm³/mol. The van der Waals surface area contributed by atoms with E-state index in [2.05, 4.69) is 5.32 Å². The molecule has 1 aliphatic rings. The topological polar surface area (TPSA) is 66.4 Å². The number of nitrogens with zero attached hydrogens (tertiary/aromatic N) is 1. The molecule has 100 valence electrons. The molecule has 0 fully saturated rings. The van der Waals surface area contributed by atoms with Gasteiger partial charge in [0.15, 0.2) is 0 Å². The molecule has 0 saturated carbocycles. The van der Waals surface area contributed by atoms with Crippen molar-refractivity contribution in [3.05, 3.63) is 24.0 Å². The van der Waals surface area contributed by atoms with Crippen LogP contribution in [0.15, 0.2) is 24.0 Å². The van der Waals surface area contributed by atoms with E-state index in [-0.39, 0.29) is 23.5 Å². The third kappa shape index (κ3) is 4.16. The average Bonchev–Trinajstić information content (AvgIpc) is 2.69. The molecular weight excluding hydrogens is 256 g/mol. The van der Waals surface area contributed by atoms with Crippen LogP contribution in [0.2, 0.25) is 0 Å². The zero-order valence-corrected chi connectivity index (χ0v) is 11.1. The number of amides is 2. The van der Waals surface area contributed by atoms with Crippen molar-refractivity contribution in [3.63, 3.8) is 0 Å². The molecule has 1 rings (SSSR count). The Hall–Kier alpha value is -1.33. The lowest BCUT2D eigenvalue weighted by molar-refractivity contribution is -0.716. The Labute approximate surface area is 111 Å². The first-order chi connectivity index (χ1) is 8.48. The number of alkyl halides is 1. The second-order valence-corrected chi connectivity index (χ2v) is 4.71. The Bertz CT molecular complexity index is 393. The van der Waals surface area contributed by atoms with E-state index < -0.39 is 5.97 Å². The van der Waals surface area contributed by atoms with E-state index in [9.17, 15) is 9.59 Å². The fourth-order valence-corrected chi connectivity index (χ4v) is 1.81. The molecule has 0 aromatic heterocycles. The van der Waals surface area contributed by atoms with Crippen molar-refractivity contribution in [1.29, 1.82) is 0 Å². The number of halogens is 1. The monoisotopic (exact) mass is 273 g/mol. The van der Waals surface area contributed by atoms with E-state index in [1.54, 1.807) is 13.2 Å². The van der Waals surface area contributed by atoms with Crippen molar-refractivity contribution in [1.82, 2.24) is 5.32 Å². The quantitative estimate of drug-likeness (QED) is 0.575. The van der Waals surface area contributed by atoms with E-state index in [0.717, 1.165) is 18.4 Å². The Kier molecular flexibility index (Phi) is 5.37. The molecule has 2 amide bonds. The minimum Gasteiger partial charge on any atom is -0.481 e. The summed E-state index contributed by atoms with van der Waals surface area (Å²) in [6, 6.07) is -0.228. The smallest absolute Gasteiger partial charge is 0.425 e. The number of quaternary nitrogens is 1. The summed E-state index contributed by atoms with van der Waals surface area (Å²) < 4.78 is 0.0250. The van der Waals surface area contributed by atoms with Gasteiger partial charge in [0, 0.05) is 24.1 Å². The maximum atomic E-state index is 11.9. The van der Waals surface area contributed by atoms with Crippen LogP contribution in [0, 0.1) is 0 Å². The van der Waals surface area contributed by atoms with Crippen LogP contribution in [0.5, 0.6) is 0 Å².